The third kappa shape index (κ3) is 5.97. The molecule has 0 bridgehead atoms. The van der Waals surface area contributed by atoms with E-state index in [-0.39, 0.29) is 24.2 Å². The molecule has 1 saturated heterocycles. The van der Waals surface area contributed by atoms with E-state index < -0.39 is 30.3 Å². The van der Waals surface area contributed by atoms with Gasteiger partial charge >= 0.3 is 5.97 Å². The SMILES string of the molecule is COc1ccc(C(=O)COC(=O)[C@@H]2CC(=O)N(NC(=O)c3ccc(C(C)(C)C)cc3)C2)cc1. The van der Waals surface area contributed by atoms with Gasteiger partial charge in [-0.25, -0.2) is 0 Å². The number of carbonyl (C=O) groups excluding carboxylic acids is 4. The predicted octanol–water partition coefficient (Wildman–Crippen LogP) is 2.91. The van der Waals surface area contributed by atoms with Crippen LogP contribution in [-0.2, 0) is 19.7 Å². The molecule has 2 aromatic rings. The van der Waals surface area contributed by atoms with E-state index in [2.05, 4.69) is 26.2 Å². The number of hydrogen-bond acceptors (Lipinski definition) is 6. The van der Waals surface area contributed by atoms with E-state index in [0.29, 0.717) is 16.9 Å². The Morgan fingerprint density at radius 1 is 1.00 bits per heavy atom. The summed E-state index contributed by atoms with van der Waals surface area (Å²) in [5.74, 6) is -1.99. The largest absolute Gasteiger partial charge is 0.497 e. The highest BCUT2D eigenvalue weighted by Gasteiger charge is 2.36. The first kappa shape index (κ1) is 24.0. The minimum absolute atomic E-state index is 0.0137. The molecule has 8 heteroatoms. The molecule has 1 aliphatic heterocycles. The van der Waals surface area contributed by atoms with Gasteiger partial charge in [-0.3, -0.25) is 29.6 Å². The Bertz CT molecular complexity index is 1040. The van der Waals surface area contributed by atoms with Crippen molar-refractivity contribution in [3.8, 4) is 5.75 Å². The van der Waals surface area contributed by atoms with Gasteiger partial charge in [-0.2, -0.15) is 0 Å². The number of methoxy groups -OCH3 is 1. The molecule has 2 aromatic carbocycles. The topological polar surface area (TPSA) is 102 Å². The molecule has 0 saturated carbocycles. The highest BCUT2D eigenvalue weighted by molar-refractivity contribution is 5.99. The van der Waals surface area contributed by atoms with Crippen molar-refractivity contribution in [3.63, 3.8) is 0 Å². The summed E-state index contributed by atoms with van der Waals surface area (Å²) >= 11 is 0. The fourth-order valence-corrected chi connectivity index (χ4v) is 3.40. The lowest BCUT2D eigenvalue weighted by molar-refractivity contribution is -0.147. The minimum atomic E-state index is -0.760. The second kappa shape index (κ2) is 9.85. The normalized spacial score (nSPS) is 15.8. The number of carbonyl (C=O) groups is 4. The number of nitrogens with one attached hydrogen (secondary N) is 1. The first-order valence-electron chi connectivity index (χ1n) is 10.6. The molecule has 1 atom stereocenters. The summed E-state index contributed by atoms with van der Waals surface area (Å²) in [6, 6.07) is 13.6. The maximum atomic E-state index is 12.5. The van der Waals surface area contributed by atoms with Gasteiger partial charge in [0.1, 0.15) is 5.75 Å². The van der Waals surface area contributed by atoms with Crippen LogP contribution >= 0.6 is 0 Å². The van der Waals surface area contributed by atoms with Crippen LogP contribution in [0.3, 0.4) is 0 Å². The van der Waals surface area contributed by atoms with Crippen molar-refractivity contribution in [3.05, 3.63) is 65.2 Å². The molecule has 174 valence electrons. The zero-order chi connectivity index (χ0) is 24.2. The Morgan fingerprint density at radius 3 is 2.18 bits per heavy atom. The molecule has 1 heterocycles. The Kier molecular flexibility index (Phi) is 7.16. The zero-order valence-corrected chi connectivity index (χ0v) is 19.2. The van der Waals surface area contributed by atoms with Gasteiger partial charge < -0.3 is 9.47 Å². The Hall–Kier alpha value is -3.68. The van der Waals surface area contributed by atoms with Crippen molar-refractivity contribution >= 4 is 23.6 Å². The van der Waals surface area contributed by atoms with E-state index in [1.165, 1.54) is 7.11 Å². The Labute approximate surface area is 192 Å². The molecule has 3 rings (SSSR count). The van der Waals surface area contributed by atoms with Crippen molar-refractivity contribution in [2.24, 2.45) is 5.92 Å². The smallest absolute Gasteiger partial charge is 0.311 e. The van der Waals surface area contributed by atoms with Crippen LogP contribution in [-0.4, -0.2) is 48.8 Å². The lowest BCUT2D eigenvalue weighted by Crippen LogP contribution is -2.43. The van der Waals surface area contributed by atoms with Crippen molar-refractivity contribution in [1.29, 1.82) is 0 Å². The molecule has 0 spiro atoms. The van der Waals surface area contributed by atoms with Gasteiger partial charge in [0.05, 0.1) is 19.6 Å². The summed E-state index contributed by atoms with van der Waals surface area (Å²) in [7, 11) is 1.52. The van der Waals surface area contributed by atoms with E-state index in [1.807, 2.05) is 12.1 Å². The second-order valence-electron chi connectivity index (χ2n) is 8.93. The van der Waals surface area contributed by atoms with Gasteiger partial charge in [0.2, 0.25) is 5.91 Å². The van der Waals surface area contributed by atoms with E-state index in [0.717, 1.165) is 10.6 Å². The number of ketones is 1. The first-order chi connectivity index (χ1) is 15.6. The lowest BCUT2D eigenvalue weighted by atomic mass is 9.87. The van der Waals surface area contributed by atoms with Crippen LogP contribution in [0.5, 0.6) is 5.75 Å². The highest BCUT2D eigenvalue weighted by Crippen LogP contribution is 2.23. The van der Waals surface area contributed by atoms with E-state index >= 15 is 0 Å². The molecule has 0 radical (unpaired) electrons. The molecule has 0 aromatic heterocycles. The van der Waals surface area contributed by atoms with Crippen LogP contribution in [0.4, 0.5) is 0 Å². The molecule has 1 fully saturated rings. The monoisotopic (exact) mass is 452 g/mol. The summed E-state index contributed by atoms with van der Waals surface area (Å²) < 4.78 is 10.2. The van der Waals surface area contributed by atoms with Crippen LogP contribution in [0.15, 0.2) is 48.5 Å². The van der Waals surface area contributed by atoms with E-state index in [1.54, 1.807) is 36.4 Å². The van der Waals surface area contributed by atoms with E-state index in [4.69, 9.17) is 9.47 Å². The number of ether oxygens (including phenoxy) is 2. The maximum absolute atomic E-state index is 12.5. The van der Waals surface area contributed by atoms with Crippen LogP contribution in [0, 0.1) is 5.92 Å². The number of rotatable bonds is 7. The first-order valence-corrected chi connectivity index (χ1v) is 10.6. The van der Waals surface area contributed by atoms with Crippen molar-refractivity contribution < 1.29 is 28.7 Å². The molecule has 0 aliphatic carbocycles. The third-order valence-electron chi connectivity index (χ3n) is 5.47. The molecule has 1 N–H and O–H groups in total. The van der Waals surface area contributed by atoms with Crippen LogP contribution in [0.2, 0.25) is 0 Å². The minimum Gasteiger partial charge on any atom is -0.497 e. The average molecular weight is 453 g/mol. The molecule has 1 aliphatic rings. The van der Waals surface area contributed by atoms with Gasteiger partial charge in [-0.15, -0.1) is 0 Å². The number of esters is 1. The van der Waals surface area contributed by atoms with Gasteiger partial charge in [-0.05, 0) is 47.4 Å². The standard InChI is InChI=1S/C25H28N2O6/c1-25(2,3)19-9-5-17(6-10-19)23(30)26-27-14-18(13-22(27)29)24(31)33-15-21(28)16-7-11-20(32-4)12-8-16/h5-12,18H,13-15H2,1-4H3,(H,26,30)/t18-/m1/s1. The predicted molar refractivity (Wildman–Crippen MR) is 121 cm³/mol. The molecule has 8 nitrogen and oxygen atoms in total. The summed E-state index contributed by atoms with van der Waals surface area (Å²) in [6.07, 6.45) is -0.0984. The van der Waals surface area contributed by atoms with Gasteiger partial charge in [0.25, 0.3) is 5.91 Å². The summed E-state index contributed by atoms with van der Waals surface area (Å²) in [5.41, 5.74) is 4.39. The summed E-state index contributed by atoms with van der Waals surface area (Å²) in [5, 5.41) is 1.12. The second-order valence-corrected chi connectivity index (χ2v) is 8.93. The number of hydrazine groups is 1. The van der Waals surface area contributed by atoms with Crippen molar-refractivity contribution in [2.45, 2.75) is 32.6 Å². The number of benzene rings is 2. The van der Waals surface area contributed by atoms with Crippen LogP contribution in [0.25, 0.3) is 0 Å². The number of nitrogens with zero attached hydrogens (tertiary/aromatic N) is 1. The zero-order valence-electron chi connectivity index (χ0n) is 19.2. The Balaban J connectivity index is 1.52. The van der Waals surface area contributed by atoms with Crippen molar-refractivity contribution in [2.75, 3.05) is 20.3 Å². The molecule has 33 heavy (non-hydrogen) atoms. The molecule has 0 unspecified atom stereocenters. The summed E-state index contributed by atoms with van der Waals surface area (Å²) in [4.78, 5) is 49.4. The maximum Gasteiger partial charge on any atom is 0.311 e. The highest BCUT2D eigenvalue weighted by atomic mass is 16.5. The molecular formula is C25H28N2O6. The van der Waals surface area contributed by atoms with Gasteiger partial charge in [0.15, 0.2) is 12.4 Å². The summed E-state index contributed by atoms with van der Waals surface area (Å²) in [6.45, 7) is 5.79. The number of amides is 2. The van der Waals surface area contributed by atoms with Gasteiger partial charge in [0, 0.05) is 17.5 Å². The third-order valence-corrected chi connectivity index (χ3v) is 5.47. The Morgan fingerprint density at radius 2 is 1.61 bits per heavy atom. The van der Waals surface area contributed by atoms with Gasteiger partial charge in [-0.1, -0.05) is 32.9 Å². The molecular weight excluding hydrogens is 424 g/mol. The fourth-order valence-electron chi connectivity index (χ4n) is 3.40. The van der Waals surface area contributed by atoms with Crippen LogP contribution in [0.1, 0.15) is 53.5 Å². The van der Waals surface area contributed by atoms with Crippen LogP contribution < -0.4 is 10.2 Å². The number of Topliss-reactive ketones (excluding diaryl/α,β-unsaturated/α-hetero) is 1. The quantitative estimate of drug-likeness (QED) is 0.512. The number of hydrogen-bond donors (Lipinski definition) is 1. The lowest BCUT2D eigenvalue weighted by Gasteiger charge is -2.20. The average Bonchev–Trinajstić information content (AvgIpc) is 3.17. The van der Waals surface area contributed by atoms with E-state index in [9.17, 15) is 19.2 Å². The fraction of sp³-hybridized carbons (Fsp3) is 0.360. The van der Waals surface area contributed by atoms with Crippen molar-refractivity contribution in [1.82, 2.24) is 10.4 Å². The molecule has 2 amide bonds.